The number of fused-ring (bicyclic) bond motifs is 1. The van der Waals surface area contributed by atoms with E-state index >= 15 is 9.59 Å². The van der Waals surface area contributed by atoms with Crippen LogP contribution >= 0.6 is 0 Å². The Kier molecular flexibility index (Phi) is 23.8. The minimum Gasteiger partial charge on any atom is -0.450 e. The van der Waals surface area contributed by atoms with Crippen molar-refractivity contribution in [2.45, 2.75) is 188 Å². The monoisotopic (exact) mass is 1120 g/mol. The first kappa shape index (κ1) is 66.1. The van der Waals surface area contributed by atoms with Crippen molar-refractivity contribution in [2.24, 2.45) is 29.6 Å². The number of hydrogen-bond donors (Lipinski definition) is 5. The number of esters is 1. The average molecular weight is 1120 g/mol. The van der Waals surface area contributed by atoms with Gasteiger partial charge in [-0.3, -0.25) is 38.4 Å². The smallest absolute Gasteiger partial charge is 0.332 e. The van der Waals surface area contributed by atoms with Crippen LogP contribution in [0.25, 0.3) is 0 Å². The number of benzene rings is 2. The van der Waals surface area contributed by atoms with E-state index in [2.05, 4.69) is 16.0 Å². The average Bonchev–Trinajstić information content (AvgIpc) is 3.90. The number of hydrogen-bond acceptors (Lipinski definition) is 12. The fraction of sp³-hybridized carbons (Fsp3) is 0.650. The van der Waals surface area contributed by atoms with E-state index in [1.807, 2.05) is 20.8 Å². The summed E-state index contributed by atoms with van der Waals surface area (Å²) in [6, 6.07) is 6.14. The summed E-state index contributed by atoms with van der Waals surface area (Å²) < 4.78 is 6.08. The van der Waals surface area contributed by atoms with Gasteiger partial charge in [-0.15, -0.1) is 0 Å². The van der Waals surface area contributed by atoms with Crippen LogP contribution < -0.4 is 16.0 Å². The lowest BCUT2D eigenvalue weighted by molar-refractivity contribution is -0.177. The molecule has 0 saturated carbocycles. The summed E-state index contributed by atoms with van der Waals surface area (Å²) in [5, 5.41) is 32.6. The Morgan fingerprint density at radius 1 is 0.600 bits per heavy atom. The van der Waals surface area contributed by atoms with Crippen LogP contribution in [-0.4, -0.2) is 183 Å². The Morgan fingerprint density at radius 2 is 1.09 bits per heavy atom. The summed E-state index contributed by atoms with van der Waals surface area (Å²) in [6.07, 6.45) is -1.96. The molecule has 0 aliphatic carbocycles. The molecule has 2 aliphatic heterocycles. The first-order valence-corrected chi connectivity index (χ1v) is 28.4. The third-order valence-electron chi connectivity index (χ3n) is 15.9. The van der Waals surface area contributed by atoms with E-state index in [1.54, 1.807) is 109 Å². The molecule has 2 fully saturated rings. The molecular weight excluding hydrogens is 1020 g/mol. The maximum atomic E-state index is 15.3. The predicted octanol–water partition coefficient (Wildman–Crippen LogP) is 3.86. The van der Waals surface area contributed by atoms with Crippen molar-refractivity contribution in [3.05, 3.63) is 71.8 Å². The molecule has 12 unspecified atom stereocenters. The Labute approximate surface area is 474 Å². The maximum Gasteiger partial charge on any atom is 0.332 e. The SMILES string of the molecule is CCC(C)C1NC(=O)C2CCCN2C(=O)C(C(O)c2ccccc2)N(C)C(=O)C(Cc2ccccc2)NC(=O)C(C(C)C)N(C)C(=O)C(C(C)CC)OC(=O)C(C(C)(C)O)N(C)C(=O)C(CC(C)C)NC(=O)C(C(C)C)N(C)C1=O. The van der Waals surface area contributed by atoms with E-state index in [4.69, 9.17) is 4.74 Å². The van der Waals surface area contributed by atoms with E-state index in [1.165, 1.54) is 51.8 Å². The summed E-state index contributed by atoms with van der Waals surface area (Å²) in [5.41, 5.74) is -1.07. The predicted molar refractivity (Wildman–Crippen MR) is 303 cm³/mol. The van der Waals surface area contributed by atoms with Crippen LogP contribution in [-0.2, 0) is 54.3 Å². The van der Waals surface area contributed by atoms with Gasteiger partial charge in [-0.25, -0.2) is 4.79 Å². The van der Waals surface area contributed by atoms with Crippen LogP contribution in [0.1, 0.15) is 132 Å². The van der Waals surface area contributed by atoms with E-state index in [9.17, 15) is 43.8 Å². The molecule has 0 spiro atoms. The number of amides is 8. The minimum atomic E-state index is -1.99. The normalized spacial score (nSPS) is 26.7. The Bertz CT molecular complexity index is 2470. The molecule has 8 amide bonds. The summed E-state index contributed by atoms with van der Waals surface area (Å²) in [4.78, 5) is 140. The summed E-state index contributed by atoms with van der Waals surface area (Å²) >= 11 is 0. The maximum absolute atomic E-state index is 15.3. The molecule has 0 bridgehead atoms. The van der Waals surface area contributed by atoms with Crippen molar-refractivity contribution in [3.63, 3.8) is 0 Å². The van der Waals surface area contributed by atoms with Crippen LogP contribution in [0.5, 0.6) is 0 Å². The van der Waals surface area contributed by atoms with Crippen LogP contribution in [0, 0.1) is 29.6 Å². The molecule has 2 saturated heterocycles. The van der Waals surface area contributed by atoms with Gasteiger partial charge in [0, 0.05) is 47.1 Å². The second kappa shape index (κ2) is 28.8. The molecule has 12 atom stereocenters. The second-order valence-corrected chi connectivity index (χ2v) is 23.8. The summed E-state index contributed by atoms with van der Waals surface area (Å²) in [5.74, 6) is -9.51. The van der Waals surface area contributed by atoms with Gasteiger partial charge in [0.2, 0.25) is 41.4 Å². The molecule has 4 rings (SSSR count). The van der Waals surface area contributed by atoms with Crippen molar-refractivity contribution < 1.29 is 58.1 Å². The standard InChI is InChI=1S/C60H92N8O12/c1-17-37(9)44-56(75)64(13)45(35(5)6)52(71)61-41(32-34(3)4)55(74)67(16)50(60(11,12)79)59(78)80-49(38(10)18-2)58(77)65(14)46(36(7)8)53(72)62-42(33-39-26-21-19-22-27-39)54(73)66(15)47(48(69)40-28-23-20-24-29-40)57(76)68-31-25-30-43(68)51(70)63-44/h19-24,26-29,34-38,41-50,69,79H,17-18,25,30-33H2,1-16H3,(H,61,71)(H,62,72)(H,63,70). The molecule has 2 aromatic carbocycles. The van der Waals surface area contributed by atoms with E-state index < -0.39 is 143 Å². The highest BCUT2D eigenvalue weighted by atomic mass is 16.6. The van der Waals surface area contributed by atoms with Gasteiger partial charge >= 0.3 is 5.97 Å². The van der Waals surface area contributed by atoms with Crippen molar-refractivity contribution in [2.75, 3.05) is 34.7 Å². The number of ether oxygens (including phenoxy) is 1. The number of aliphatic hydroxyl groups is 2. The van der Waals surface area contributed by atoms with Gasteiger partial charge in [-0.1, -0.05) is 136 Å². The molecule has 2 aromatic rings. The van der Waals surface area contributed by atoms with Gasteiger partial charge in [0.15, 0.2) is 12.1 Å². The van der Waals surface area contributed by atoms with Crippen molar-refractivity contribution in [3.8, 4) is 0 Å². The molecule has 2 aliphatic rings. The molecule has 80 heavy (non-hydrogen) atoms. The second-order valence-electron chi connectivity index (χ2n) is 23.8. The number of carbonyl (C=O) groups excluding carboxylic acids is 9. The third-order valence-corrected chi connectivity index (χ3v) is 15.9. The van der Waals surface area contributed by atoms with E-state index in [0.29, 0.717) is 24.8 Å². The highest BCUT2D eigenvalue weighted by Gasteiger charge is 2.49. The first-order chi connectivity index (χ1) is 37.4. The zero-order valence-electron chi connectivity index (χ0n) is 50.1. The Balaban J connectivity index is 2.00. The molecule has 444 valence electrons. The summed E-state index contributed by atoms with van der Waals surface area (Å²) in [6.45, 7) is 20.3. The van der Waals surface area contributed by atoms with Gasteiger partial charge in [-0.05, 0) is 74.3 Å². The largest absolute Gasteiger partial charge is 0.450 e. The zero-order valence-corrected chi connectivity index (χ0v) is 50.1. The number of rotatable bonds is 13. The van der Waals surface area contributed by atoms with Gasteiger partial charge in [0.25, 0.3) is 5.91 Å². The first-order valence-electron chi connectivity index (χ1n) is 28.4. The minimum absolute atomic E-state index is 0.0595. The number of likely N-dealkylation sites (N-methyl/N-ethyl adjacent to an activating group) is 4. The topological polar surface area (TPSA) is 256 Å². The van der Waals surface area contributed by atoms with Gasteiger partial charge in [0.1, 0.15) is 48.4 Å². The molecule has 20 heteroatoms. The zero-order chi connectivity index (χ0) is 60.2. The number of aliphatic hydroxyl groups excluding tert-OH is 1. The van der Waals surface area contributed by atoms with Crippen LogP contribution in [0.4, 0.5) is 0 Å². The lowest BCUT2D eigenvalue weighted by Gasteiger charge is -2.39. The van der Waals surface area contributed by atoms with E-state index in [0.717, 1.165) is 14.7 Å². The van der Waals surface area contributed by atoms with Crippen LogP contribution in [0.3, 0.4) is 0 Å². The lowest BCUT2D eigenvalue weighted by Crippen LogP contribution is -2.63. The molecule has 5 N–H and O–H groups in total. The Morgan fingerprint density at radius 3 is 1.59 bits per heavy atom. The highest BCUT2D eigenvalue weighted by molar-refractivity contribution is 5.99. The number of cyclic esters (lactones) is 1. The fourth-order valence-corrected chi connectivity index (χ4v) is 11.0. The van der Waals surface area contributed by atoms with E-state index in [-0.39, 0.29) is 37.3 Å². The van der Waals surface area contributed by atoms with Crippen molar-refractivity contribution in [1.82, 2.24) is 40.4 Å². The van der Waals surface area contributed by atoms with Gasteiger partial charge in [0.05, 0.1) is 5.60 Å². The van der Waals surface area contributed by atoms with Gasteiger partial charge < -0.3 is 55.4 Å². The Hall–Kier alpha value is -6.41. The summed E-state index contributed by atoms with van der Waals surface area (Å²) in [7, 11) is 5.45. The van der Waals surface area contributed by atoms with Crippen LogP contribution in [0.15, 0.2) is 60.7 Å². The number of nitrogens with one attached hydrogen (secondary N) is 3. The highest BCUT2D eigenvalue weighted by Crippen LogP contribution is 2.30. The molecule has 20 nitrogen and oxygen atoms in total. The molecule has 0 aromatic heterocycles. The lowest BCUT2D eigenvalue weighted by atomic mass is 9.93. The quantitative estimate of drug-likeness (QED) is 0.179. The third kappa shape index (κ3) is 15.9. The number of carbonyl (C=O) groups is 9. The van der Waals surface area contributed by atoms with Gasteiger partial charge in [-0.2, -0.15) is 0 Å². The van der Waals surface area contributed by atoms with Crippen molar-refractivity contribution >= 4 is 53.2 Å². The number of nitrogens with zero attached hydrogens (tertiary/aromatic N) is 5. The molecule has 2 heterocycles. The fourth-order valence-electron chi connectivity index (χ4n) is 11.0. The molecule has 0 radical (unpaired) electrons. The van der Waals surface area contributed by atoms with Crippen LogP contribution in [0.2, 0.25) is 0 Å². The van der Waals surface area contributed by atoms with Crippen molar-refractivity contribution in [1.29, 1.82) is 0 Å². The molecular formula is C60H92N8O12.